The molecule has 0 aliphatic heterocycles. The summed E-state index contributed by atoms with van der Waals surface area (Å²) in [5, 5.41) is 21.9. The highest BCUT2D eigenvalue weighted by Gasteiger charge is 2.20. The van der Waals surface area contributed by atoms with E-state index in [-0.39, 0.29) is 5.91 Å². The average Bonchev–Trinajstić information content (AvgIpc) is 3.24. The fraction of sp³-hybridized carbons (Fsp3) is 0.176. The number of nitriles is 1. The van der Waals surface area contributed by atoms with Gasteiger partial charge in [-0.05, 0) is 37.4 Å². The third-order valence-electron chi connectivity index (χ3n) is 3.37. The Labute approximate surface area is 152 Å². The van der Waals surface area contributed by atoms with E-state index in [9.17, 15) is 4.79 Å². The van der Waals surface area contributed by atoms with Gasteiger partial charge in [0.25, 0.3) is 5.22 Å². The van der Waals surface area contributed by atoms with Gasteiger partial charge in [0.2, 0.25) is 11.8 Å². The molecule has 0 bridgehead atoms. The van der Waals surface area contributed by atoms with Gasteiger partial charge in [0.1, 0.15) is 11.1 Å². The first kappa shape index (κ1) is 17.2. The maximum absolute atomic E-state index is 12.3. The van der Waals surface area contributed by atoms with Crippen LogP contribution < -0.4 is 5.32 Å². The number of anilines is 1. The molecule has 1 atom stereocenters. The Hall–Kier alpha value is -2.63. The number of carbonyl (C=O) groups is 1. The summed E-state index contributed by atoms with van der Waals surface area (Å²) in [4.78, 5) is 12.3. The lowest BCUT2D eigenvalue weighted by molar-refractivity contribution is -0.115. The summed E-state index contributed by atoms with van der Waals surface area (Å²) in [7, 11) is 0. The van der Waals surface area contributed by atoms with E-state index >= 15 is 0 Å². The third-order valence-corrected chi connectivity index (χ3v) is 5.14. The summed E-state index contributed by atoms with van der Waals surface area (Å²) in [6, 6.07) is 11.5. The molecule has 1 amide bonds. The number of amides is 1. The molecule has 0 radical (unpaired) electrons. The van der Waals surface area contributed by atoms with E-state index in [1.807, 2.05) is 37.3 Å². The highest BCUT2D eigenvalue weighted by molar-refractivity contribution is 8.00. The Morgan fingerprint density at radius 3 is 2.80 bits per heavy atom. The molecular weight excluding hydrogens is 356 g/mol. The van der Waals surface area contributed by atoms with Crippen LogP contribution in [0.3, 0.4) is 0 Å². The molecular formula is C17H14N4O2S2. The van der Waals surface area contributed by atoms with Crippen molar-refractivity contribution in [1.29, 1.82) is 5.26 Å². The van der Waals surface area contributed by atoms with Gasteiger partial charge < -0.3 is 9.73 Å². The number of thioether (sulfide) groups is 1. The van der Waals surface area contributed by atoms with E-state index in [1.165, 1.54) is 23.1 Å². The largest absolute Gasteiger partial charge is 0.411 e. The molecule has 1 N–H and O–H groups in total. The maximum atomic E-state index is 12.3. The van der Waals surface area contributed by atoms with Crippen LogP contribution >= 0.6 is 23.1 Å². The minimum atomic E-state index is -0.444. The van der Waals surface area contributed by atoms with E-state index in [2.05, 4.69) is 15.5 Å². The van der Waals surface area contributed by atoms with Crippen LogP contribution in [0.4, 0.5) is 5.00 Å². The van der Waals surface area contributed by atoms with Crippen molar-refractivity contribution in [2.75, 3.05) is 5.32 Å². The zero-order valence-corrected chi connectivity index (χ0v) is 15.1. The number of hydrogen-bond acceptors (Lipinski definition) is 7. The van der Waals surface area contributed by atoms with Crippen LogP contribution in [0.15, 0.2) is 45.4 Å². The first-order chi connectivity index (χ1) is 12.1. The molecule has 0 fully saturated rings. The SMILES string of the molecule is Cc1ccc(-c2nnc(S[C@@H](C)C(=O)Nc3sccc3C#N)o2)cc1. The monoisotopic (exact) mass is 370 g/mol. The molecule has 2 heterocycles. The zero-order valence-electron chi connectivity index (χ0n) is 13.5. The number of hydrogen-bond donors (Lipinski definition) is 1. The van der Waals surface area contributed by atoms with Gasteiger partial charge in [0.15, 0.2) is 0 Å². The molecule has 1 aromatic carbocycles. The lowest BCUT2D eigenvalue weighted by Gasteiger charge is -2.08. The molecule has 126 valence electrons. The summed E-state index contributed by atoms with van der Waals surface area (Å²) in [5.74, 6) is 0.194. The first-order valence-electron chi connectivity index (χ1n) is 7.42. The smallest absolute Gasteiger partial charge is 0.277 e. The summed E-state index contributed by atoms with van der Waals surface area (Å²) in [5.41, 5.74) is 2.43. The molecule has 3 rings (SSSR count). The summed E-state index contributed by atoms with van der Waals surface area (Å²) >= 11 is 2.49. The number of benzene rings is 1. The molecule has 0 saturated carbocycles. The molecule has 0 unspecified atom stereocenters. The maximum Gasteiger partial charge on any atom is 0.277 e. The fourth-order valence-electron chi connectivity index (χ4n) is 1.98. The van der Waals surface area contributed by atoms with Crippen LogP contribution in [0, 0.1) is 18.3 Å². The predicted octanol–water partition coefficient (Wildman–Crippen LogP) is 4.10. The van der Waals surface area contributed by atoms with E-state index in [4.69, 9.17) is 9.68 Å². The van der Waals surface area contributed by atoms with E-state index in [0.717, 1.165) is 11.1 Å². The highest BCUT2D eigenvalue weighted by Crippen LogP contribution is 2.28. The van der Waals surface area contributed by atoms with Gasteiger partial charge >= 0.3 is 0 Å². The van der Waals surface area contributed by atoms with Crippen molar-refractivity contribution < 1.29 is 9.21 Å². The van der Waals surface area contributed by atoms with Crippen molar-refractivity contribution in [3.63, 3.8) is 0 Å². The van der Waals surface area contributed by atoms with Gasteiger partial charge in [-0.1, -0.05) is 29.5 Å². The quantitative estimate of drug-likeness (QED) is 0.680. The second-order valence-electron chi connectivity index (χ2n) is 5.26. The van der Waals surface area contributed by atoms with E-state index < -0.39 is 5.25 Å². The number of rotatable bonds is 5. The molecule has 3 aromatic rings. The van der Waals surface area contributed by atoms with Crippen LogP contribution in [-0.2, 0) is 4.79 Å². The molecule has 25 heavy (non-hydrogen) atoms. The minimum Gasteiger partial charge on any atom is -0.411 e. The molecule has 0 spiro atoms. The van der Waals surface area contributed by atoms with Gasteiger partial charge in [0.05, 0.1) is 10.8 Å². The van der Waals surface area contributed by atoms with Crippen LogP contribution in [-0.4, -0.2) is 21.4 Å². The van der Waals surface area contributed by atoms with Gasteiger partial charge in [-0.15, -0.1) is 21.5 Å². The van der Waals surface area contributed by atoms with Crippen molar-refractivity contribution in [3.8, 4) is 17.5 Å². The number of carbonyl (C=O) groups excluding carboxylic acids is 1. The van der Waals surface area contributed by atoms with Crippen LogP contribution in [0.5, 0.6) is 0 Å². The Morgan fingerprint density at radius 1 is 1.32 bits per heavy atom. The van der Waals surface area contributed by atoms with Gasteiger partial charge in [-0.3, -0.25) is 4.79 Å². The lowest BCUT2D eigenvalue weighted by Crippen LogP contribution is -2.22. The topological polar surface area (TPSA) is 91.8 Å². The number of nitrogens with one attached hydrogen (secondary N) is 1. The summed E-state index contributed by atoms with van der Waals surface area (Å²) in [6.07, 6.45) is 0. The second-order valence-corrected chi connectivity index (χ2v) is 7.47. The molecule has 0 aliphatic rings. The third kappa shape index (κ3) is 4.07. The zero-order chi connectivity index (χ0) is 17.8. The first-order valence-corrected chi connectivity index (χ1v) is 9.18. The van der Waals surface area contributed by atoms with Crippen LogP contribution in [0.1, 0.15) is 18.1 Å². The lowest BCUT2D eigenvalue weighted by atomic mass is 10.1. The number of thiophene rings is 1. The number of aromatic nitrogens is 2. The predicted molar refractivity (Wildman–Crippen MR) is 97.5 cm³/mol. The summed E-state index contributed by atoms with van der Waals surface area (Å²) < 4.78 is 5.62. The van der Waals surface area contributed by atoms with E-state index in [0.29, 0.717) is 21.7 Å². The van der Waals surface area contributed by atoms with Gasteiger partial charge in [-0.2, -0.15) is 5.26 Å². The van der Waals surface area contributed by atoms with Crippen molar-refractivity contribution in [2.24, 2.45) is 0 Å². The Kier molecular flexibility index (Phi) is 5.16. The van der Waals surface area contributed by atoms with Gasteiger partial charge in [-0.25, -0.2) is 0 Å². The van der Waals surface area contributed by atoms with Crippen LogP contribution in [0.2, 0.25) is 0 Å². The summed E-state index contributed by atoms with van der Waals surface area (Å²) in [6.45, 7) is 3.75. The normalized spacial score (nSPS) is 11.7. The number of aryl methyl sites for hydroxylation is 1. The van der Waals surface area contributed by atoms with Gasteiger partial charge in [0, 0.05) is 5.56 Å². The number of nitrogens with zero attached hydrogens (tertiary/aromatic N) is 3. The minimum absolute atomic E-state index is 0.223. The van der Waals surface area contributed by atoms with Crippen molar-refractivity contribution in [3.05, 3.63) is 46.8 Å². The Balaban J connectivity index is 1.65. The molecule has 8 heteroatoms. The second kappa shape index (κ2) is 7.51. The molecule has 0 saturated heterocycles. The van der Waals surface area contributed by atoms with E-state index in [1.54, 1.807) is 18.4 Å². The van der Waals surface area contributed by atoms with Crippen molar-refractivity contribution in [2.45, 2.75) is 24.3 Å². The van der Waals surface area contributed by atoms with Crippen molar-refractivity contribution >= 4 is 34.0 Å². The van der Waals surface area contributed by atoms with Crippen molar-refractivity contribution in [1.82, 2.24) is 10.2 Å². The Bertz CT molecular complexity index is 925. The molecule has 2 aromatic heterocycles. The molecule has 0 aliphatic carbocycles. The Morgan fingerprint density at radius 2 is 2.08 bits per heavy atom. The standard InChI is InChI=1S/C17H14N4O2S2/c1-10-3-5-12(6-4-10)15-20-21-17(23-15)25-11(2)14(22)19-16-13(9-18)7-8-24-16/h3-8,11H,1-2H3,(H,19,22)/t11-/m0/s1. The fourth-order valence-corrected chi connectivity index (χ4v) is 3.41. The van der Waals surface area contributed by atoms with Crippen LogP contribution in [0.25, 0.3) is 11.5 Å². The average molecular weight is 370 g/mol. The molecule has 6 nitrogen and oxygen atoms in total. The highest BCUT2D eigenvalue weighted by atomic mass is 32.2.